The van der Waals surface area contributed by atoms with E-state index < -0.39 is 0 Å². The Morgan fingerprint density at radius 3 is 2.67 bits per heavy atom. The van der Waals surface area contributed by atoms with Gasteiger partial charge in [0.2, 0.25) is 16.3 Å². The zero-order valence-electron chi connectivity index (χ0n) is 3.35. The maximum Gasteiger partial charge on any atom is 0.223 e. The Balaban J connectivity index is 2.86. The van der Waals surface area contributed by atoms with Crippen LogP contribution in [0.5, 0.6) is 0 Å². The second-order valence-corrected chi connectivity index (χ2v) is 2.11. The molecule has 0 atom stereocenters. The summed E-state index contributed by atoms with van der Waals surface area (Å²) in [6.45, 7) is 3.70. The highest BCUT2D eigenvalue weighted by Crippen LogP contribution is 1.93. The highest BCUT2D eigenvalue weighted by atomic mass is 32.1. The van der Waals surface area contributed by atoms with E-state index >= 15 is 0 Å². The van der Waals surface area contributed by atoms with Gasteiger partial charge in [-0.3, -0.25) is 0 Å². The van der Waals surface area contributed by atoms with Gasteiger partial charge in [0, 0.05) is 12.2 Å². The lowest BCUT2D eigenvalue weighted by molar-refractivity contribution is 2.05. The fourth-order valence-electron chi connectivity index (χ4n) is 0.313. The molecule has 30 valence electrons. The Bertz CT molecular complexity index is 106. The van der Waals surface area contributed by atoms with Crippen LogP contribution in [0.25, 0.3) is 0 Å². The van der Waals surface area contributed by atoms with Crippen molar-refractivity contribution in [3.63, 3.8) is 0 Å². The minimum Gasteiger partial charge on any atom is -0.0333 e. The summed E-state index contributed by atoms with van der Waals surface area (Å²) < 4.78 is 0. The smallest absolute Gasteiger partial charge is 0.0333 e. The standard InChI is InChI=1S/C5H5S/c1-5-3-2-4-6-5/h2-4H,1H2/q+1/i5+1. The van der Waals surface area contributed by atoms with Crippen LogP contribution in [0.1, 0.15) is 0 Å². The van der Waals surface area contributed by atoms with Gasteiger partial charge < -0.3 is 0 Å². The predicted octanol–water partition coefficient (Wildman–Crippen LogP) is 0.955. The Morgan fingerprint density at radius 1 is 1.67 bits per heavy atom. The van der Waals surface area contributed by atoms with Crippen LogP contribution in [0.4, 0.5) is 0 Å². The molecule has 0 aliphatic carbocycles. The predicted molar refractivity (Wildman–Crippen MR) is 31.7 cm³/mol. The molecule has 0 saturated carbocycles. The van der Waals surface area contributed by atoms with Gasteiger partial charge in [0.15, 0.2) is 5.37 Å². The van der Waals surface area contributed by atoms with Crippen LogP contribution in [0, 0.1) is 0 Å². The van der Waals surface area contributed by atoms with Gasteiger partial charge in [-0.25, -0.2) is 0 Å². The Kier molecular flexibility index (Phi) is 0.843. The maximum atomic E-state index is 3.70. The largest absolute Gasteiger partial charge is 0.223 e. The van der Waals surface area contributed by atoms with Crippen LogP contribution < -0.4 is 0 Å². The van der Waals surface area contributed by atoms with Crippen molar-refractivity contribution < 1.29 is 0 Å². The van der Waals surface area contributed by atoms with Gasteiger partial charge in [-0.1, -0.05) is 0 Å². The highest BCUT2D eigenvalue weighted by Gasteiger charge is 2.00. The summed E-state index contributed by atoms with van der Waals surface area (Å²) in [5.74, 6) is 0. The van der Waals surface area contributed by atoms with Crippen molar-refractivity contribution >= 4 is 16.7 Å². The van der Waals surface area contributed by atoms with Crippen molar-refractivity contribution in [3.8, 4) is 0 Å². The molecule has 0 amide bonds. The molecule has 6 heavy (non-hydrogen) atoms. The molecule has 0 saturated heterocycles. The lowest BCUT2D eigenvalue weighted by Gasteiger charge is -1.52. The molecule has 0 aromatic carbocycles. The number of allylic oxidation sites excluding steroid dienone is 2. The number of hydrogen-bond acceptors (Lipinski definition) is 0. The van der Waals surface area contributed by atoms with Gasteiger partial charge in [-0.15, -0.1) is 0 Å². The zero-order valence-corrected chi connectivity index (χ0v) is 4.16. The van der Waals surface area contributed by atoms with Crippen molar-refractivity contribution in [1.82, 2.24) is 0 Å². The summed E-state index contributed by atoms with van der Waals surface area (Å²) >= 11 is 1.67. The van der Waals surface area contributed by atoms with Gasteiger partial charge in [0.25, 0.3) is 0 Å². The molecule has 0 nitrogen and oxygen atoms in total. The second-order valence-electron chi connectivity index (χ2n) is 1.08. The van der Waals surface area contributed by atoms with Crippen molar-refractivity contribution in [3.05, 3.63) is 23.6 Å². The van der Waals surface area contributed by atoms with Crippen molar-refractivity contribution in [1.29, 1.82) is 0 Å². The average Bonchev–Trinajstić information content (AvgIpc) is 1.86. The van der Waals surface area contributed by atoms with E-state index in [9.17, 15) is 0 Å². The first kappa shape index (κ1) is 3.75. The summed E-state index contributed by atoms with van der Waals surface area (Å²) in [7, 11) is 0. The van der Waals surface area contributed by atoms with Crippen LogP contribution in [-0.2, 0) is 11.4 Å². The second kappa shape index (κ2) is 1.35. The van der Waals surface area contributed by atoms with Crippen LogP contribution >= 0.6 is 0 Å². The third-order valence-corrected chi connectivity index (χ3v) is 1.31. The van der Waals surface area contributed by atoms with Crippen molar-refractivity contribution in [2.24, 2.45) is 0 Å². The van der Waals surface area contributed by atoms with E-state index in [-0.39, 0.29) is 0 Å². The van der Waals surface area contributed by atoms with Gasteiger partial charge in [0.05, 0.1) is 0 Å². The maximum absolute atomic E-state index is 3.70. The normalized spacial score (nSPS) is 17.0. The van der Waals surface area contributed by atoms with Crippen LogP contribution in [0.2, 0.25) is 0 Å². The SMILES string of the molecule is C=[13C]1C=CC=[S+]1. The first-order valence-corrected chi connectivity index (χ1v) is 2.63. The van der Waals surface area contributed by atoms with Gasteiger partial charge >= 0.3 is 0 Å². The molecule has 0 spiro atoms. The highest BCUT2D eigenvalue weighted by molar-refractivity contribution is 7.82. The molecule has 0 unspecified atom stereocenters. The first-order valence-electron chi connectivity index (χ1n) is 1.75. The third-order valence-electron chi connectivity index (χ3n) is 0.580. The van der Waals surface area contributed by atoms with Gasteiger partial charge in [-0.05, 0) is 6.58 Å². The van der Waals surface area contributed by atoms with Gasteiger partial charge in [-0.2, -0.15) is 0 Å². The molecule has 0 aromatic heterocycles. The van der Waals surface area contributed by atoms with Crippen LogP contribution in [0.3, 0.4) is 0 Å². The lowest BCUT2D eigenvalue weighted by Crippen LogP contribution is -1.57. The quantitative estimate of drug-likeness (QED) is 0.240. The molecule has 1 rings (SSSR count). The van der Waals surface area contributed by atoms with Gasteiger partial charge in [0.1, 0.15) is 0 Å². The van der Waals surface area contributed by atoms with E-state index in [1.54, 1.807) is 11.4 Å². The van der Waals surface area contributed by atoms with E-state index in [0.29, 0.717) is 0 Å². The Hall–Kier alpha value is -0.430. The summed E-state index contributed by atoms with van der Waals surface area (Å²) in [5, 5.41) is 2.02. The van der Waals surface area contributed by atoms with E-state index in [1.807, 2.05) is 17.5 Å². The summed E-state index contributed by atoms with van der Waals surface area (Å²) in [5.41, 5.74) is 0. The number of rotatable bonds is 0. The molecular weight excluding hydrogens is 93.1 g/mol. The molecule has 0 aromatic rings. The number of hydrogen-bond donors (Lipinski definition) is 0. The Labute approximate surface area is 41.1 Å². The Morgan fingerprint density at radius 2 is 2.50 bits per heavy atom. The fourth-order valence-corrected chi connectivity index (χ4v) is 0.802. The lowest BCUT2D eigenvalue weighted by atomic mass is 10.7. The first-order chi connectivity index (χ1) is 2.89. The minimum atomic E-state index is 1.13. The third kappa shape index (κ3) is 0.546. The molecule has 1 heteroatoms. The summed E-state index contributed by atoms with van der Waals surface area (Å²) in [4.78, 5) is 1.13. The topological polar surface area (TPSA) is 0 Å². The molecule has 0 bridgehead atoms. The van der Waals surface area contributed by atoms with E-state index in [2.05, 4.69) is 6.58 Å². The zero-order chi connectivity index (χ0) is 4.41. The molecule has 0 radical (unpaired) electrons. The molecule has 0 N–H and O–H groups in total. The van der Waals surface area contributed by atoms with E-state index in [4.69, 9.17) is 0 Å². The summed E-state index contributed by atoms with van der Waals surface area (Å²) in [6, 6.07) is 0. The summed E-state index contributed by atoms with van der Waals surface area (Å²) in [6.07, 6.45) is 3.98. The fraction of sp³-hybridized carbons (Fsp3) is 0. The van der Waals surface area contributed by atoms with E-state index in [0.717, 1.165) is 4.91 Å². The molecule has 0 fully saturated rings. The average molecular weight is 98.2 g/mol. The molecule has 1 aliphatic rings. The minimum absolute atomic E-state index is 1.13. The van der Waals surface area contributed by atoms with Crippen molar-refractivity contribution in [2.75, 3.05) is 0 Å². The van der Waals surface area contributed by atoms with E-state index in [1.165, 1.54) is 0 Å². The van der Waals surface area contributed by atoms with Crippen LogP contribution in [-0.4, -0.2) is 5.37 Å². The van der Waals surface area contributed by atoms with Crippen molar-refractivity contribution in [2.45, 2.75) is 0 Å². The molecular formula is C5H5S+. The monoisotopic (exact) mass is 98.0 g/mol. The molecule has 1 aliphatic heterocycles. The molecule has 1 heterocycles. The van der Waals surface area contributed by atoms with Crippen LogP contribution in [0.15, 0.2) is 23.6 Å².